The highest BCUT2D eigenvalue weighted by Gasteiger charge is 2.45. The summed E-state index contributed by atoms with van der Waals surface area (Å²) in [5.74, 6) is -0.843. The largest absolute Gasteiger partial charge is 0.507 e. The maximum Gasteiger partial charge on any atom is 0.295 e. The highest BCUT2D eigenvalue weighted by atomic mass is 16.5. The topological polar surface area (TPSA) is 84.7 Å². The van der Waals surface area contributed by atoms with Crippen LogP contribution in [0.25, 0.3) is 5.76 Å². The van der Waals surface area contributed by atoms with Gasteiger partial charge in [-0.05, 0) is 48.7 Å². The van der Waals surface area contributed by atoms with Crippen molar-refractivity contribution in [2.24, 2.45) is 0 Å². The first-order valence-electron chi connectivity index (χ1n) is 12.6. The Kier molecular flexibility index (Phi) is 7.35. The number of aryl methyl sites for hydroxylation is 2. The van der Waals surface area contributed by atoms with Gasteiger partial charge in [-0.2, -0.15) is 0 Å². The van der Waals surface area contributed by atoms with E-state index < -0.39 is 17.7 Å². The number of imidazole rings is 1. The SMILES string of the molecule is Cc1cccc(COc2ccc(/C(O)=C3\C(=O)C(=O)N(CCCn4ccnc4)C3c3ccccc3)cc2)c1. The molecule has 1 saturated heterocycles. The number of aliphatic hydroxyl groups excluding tert-OH is 1. The number of carbonyl (C=O) groups excluding carboxylic acids is 2. The van der Waals surface area contributed by atoms with Crippen molar-refractivity contribution < 1.29 is 19.4 Å². The third kappa shape index (κ3) is 5.37. The quantitative estimate of drug-likeness (QED) is 0.189. The maximum absolute atomic E-state index is 13.2. The molecule has 0 spiro atoms. The van der Waals surface area contributed by atoms with Crippen LogP contribution in [-0.4, -0.2) is 37.8 Å². The van der Waals surface area contributed by atoms with Gasteiger partial charge in [0.1, 0.15) is 18.1 Å². The summed E-state index contributed by atoms with van der Waals surface area (Å²) in [4.78, 5) is 31.9. The van der Waals surface area contributed by atoms with E-state index in [4.69, 9.17) is 4.74 Å². The molecule has 0 radical (unpaired) electrons. The summed E-state index contributed by atoms with van der Waals surface area (Å²) in [6, 6.07) is 23.7. The van der Waals surface area contributed by atoms with Crippen molar-refractivity contribution in [3.05, 3.63) is 125 Å². The predicted molar refractivity (Wildman–Crippen MR) is 144 cm³/mol. The molecule has 1 atom stereocenters. The van der Waals surface area contributed by atoms with Gasteiger partial charge in [0.05, 0.1) is 17.9 Å². The fourth-order valence-electron chi connectivity index (χ4n) is 4.77. The number of aliphatic hydroxyl groups is 1. The average molecular weight is 508 g/mol. The van der Waals surface area contributed by atoms with Gasteiger partial charge in [0.2, 0.25) is 0 Å². The minimum atomic E-state index is -0.682. The molecule has 192 valence electrons. The van der Waals surface area contributed by atoms with Gasteiger partial charge in [-0.3, -0.25) is 9.59 Å². The molecule has 7 heteroatoms. The number of likely N-dealkylation sites (tertiary alicyclic amines) is 1. The second-order valence-corrected chi connectivity index (χ2v) is 9.36. The smallest absolute Gasteiger partial charge is 0.295 e. The fourth-order valence-corrected chi connectivity index (χ4v) is 4.77. The lowest BCUT2D eigenvalue weighted by molar-refractivity contribution is -0.139. The Hall–Kier alpha value is -4.65. The molecule has 7 nitrogen and oxygen atoms in total. The van der Waals surface area contributed by atoms with Crippen LogP contribution in [0.4, 0.5) is 0 Å². The van der Waals surface area contributed by atoms with Crippen LogP contribution in [0.15, 0.2) is 103 Å². The Morgan fingerprint density at radius 3 is 2.47 bits per heavy atom. The zero-order valence-electron chi connectivity index (χ0n) is 21.2. The summed E-state index contributed by atoms with van der Waals surface area (Å²) in [6.07, 6.45) is 5.92. The number of carbonyl (C=O) groups is 2. The molecule has 2 heterocycles. The van der Waals surface area contributed by atoms with Crippen LogP contribution < -0.4 is 4.74 Å². The van der Waals surface area contributed by atoms with Crippen molar-refractivity contribution in [3.8, 4) is 5.75 Å². The van der Waals surface area contributed by atoms with E-state index >= 15 is 0 Å². The lowest BCUT2D eigenvalue weighted by atomic mass is 9.95. The molecule has 1 unspecified atom stereocenters. The molecule has 1 amide bonds. The summed E-state index contributed by atoms with van der Waals surface area (Å²) >= 11 is 0. The lowest BCUT2D eigenvalue weighted by Gasteiger charge is -2.25. The van der Waals surface area contributed by atoms with Gasteiger partial charge >= 0.3 is 0 Å². The normalized spacial score (nSPS) is 16.7. The Morgan fingerprint density at radius 1 is 0.974 bits per heavy atom. The number of amides is 1. The van der Waals surface area contributed by atoms with E-state index in [2.05, 4.69) is 11.1 Å². The van der Waals surface area contributed by atoms with Gasteiger partial charge in [0.15, 0.2) is 0 Å². The number of ketones is 1. The Morgan fingerprint density at radius 2 is 1.76 bits per heavy atom. The fraction of sp³-hybridized carbons (Fsp3) is 0.194. The zero-order valence-corrected chi connectivity index (χ0v) is 21.2. The van der Waals surface area contributed by atoms with Crippen LogP contribution in [0, 0.1) is 6.92 Å². The van der Waals surface area contributed by atoms with Crippen LogP contribution in [0.5, 0.6) is 5.75 Å². The number of hydrogen-bond acceptors (Lipinski definition) is 5. The Labute approximate surface area is 221 Å². The number of rotatable bonds is 9. The van der Waals surface area contributed by atoms with Gasteiger partial charge in [-0.15, -0.1) is 0 Å². The van der Waals surface area contributed by atoms with Gasteiger partial charge in [0.25, 0.3) is 11.7 Å². The van der Waals surface area contributed by atoms with Crippen molar-refractivity contribution in [2.75, 3.05) is 6.54 Å². The third-order valence-electron chi connectivity index (χ3n) is 6.65. The van der Waals surface area contributed by atoms with Crippen molar-refractivity contribution in [1.82, 2.24) is 14.5 Å². The van der Waals surface area contributed by atoms with Gasteiger partial charge in [-0.1, -0.05) is 60.2 Å². The first-order valence-corrected chi connectivity index (χ1v) is 12.6. The van der Waals surface area contributed by atoms with Crippen molar-refractivity contribution in [2.45, 2.75) is 32.5 Å². The molecule has 0 saturated carbocycles. The highest BCUT2D eigenvalue weighted by molar-refractivity contribution is 6.46. The van der Waals surface area contributed by atoms with E-state index in [1.165, 1.54) is 0 Å². The van der Waals surface area contributed by atoms with Crippen LogP contribution in [0.3, 0.4) is 0 Å². The molecule has 1 aliphatic rings. The first kappa shape index (κ1) is 25.0. The third-order valence-corrected chi connectivity index (χ3v) is 6.65. The van der Waals surface area contributed by atoms with E-state index in [1.54, 1.807) is 41.7 Å². The second kappa shape index (κ2) is 11.2. The van der Waals surface area contributed by atoms with Gasteiger partial charge < -0.3 is 19.3 Å². The van der Waals surface area contributed by atoms with E-state index in [-0.39, 0.29) is 11.3 Å². The average Bonchev–Trinajstić information content (AvgIpc) is 3.55. The lowest BCUT2D eigenvalue weighted by Crippen LogP contribution is -2.31. The molecule has 0 bridgehead atoms. The molecule has 4 aromatic rings. The number of hydrogen-bond donors (Lipinski definition) is 1. The summed E-state index contributed by atoms with van der Waals surface area (Å²) in [5.41, 5.74) is 3.54. The van der Waals surface area contributed by atoms with E-state index in [9.17, 15) is 14.7 Å². The Bertz CT molecular complexity index is 1440. The van der Waals surface area contributed by atoms with Crippen LogP contribution in [0.1, 0.15) is 34.7 Å². The summed E-state index contributed by atoms with van der Waals surface area (Å²) in [5, 5.41) is 11.3. The molecule has 1 fully saturated rings. The van der Waals surface area contributed by atoms with E-state index in [1.807, 2.05) is 66.2 Å². The molecule has 3 aromatic carbocycles. The number of benzene rings is 3. The molecule has 5 rings (SSSR count). The molecule has 1 aromatic heterocycles. The molecular weight excluding hydrogens is 478 g/mol. The molecule has 1 N–H and O–H groups in total. The predicted octanol–water partition coefficient (Wildman–Crippen LogP) is 5.28. The standard InChI is InChI=1S/C31H29N3O4/c1-22-7-5-8-23(19-22)20-38-26-13-11-25(12-14-26)29(35)27-28(24-9-3-2-4-10-24)34(31(37)30(27)36)17-6-16-33-18-15-32-21-33/h2-5,7-15,18-19,21,28,35H,6,16-17,20H2,1H3/b29-27+. The highest BCUT2D eigenvalue weighted by Crippen LogP contribution is 2.39. The number of aromatic nitrogens is 2. The number of ether oxygens (including phenoxy) is 1. The summed E-state index contributed by atoms with van der Waals surface area (Å²) in [6.45, 7) is 3.48. The minimum absolute atomic E-state index is 0.0947. The maximum atomic E-state index is 13.2. The van der Waals surface area contributed by atoms with Crippen LogP contribution >= 0.6 is 0 Å². The number of nitrogens with zero attached hydrogens (tertiary/aromatic N) is 3. The van der Waals surface area contributed by atoms with Crippen molar-refractivity contribution >= 4 is 17.4 Å². The second-order valence-electron chi connectivity index (χ2n) is 9.36. The van der Waals surface area contributed by atoms with Gasteiger partial charge in [0, 0.05) is 31.0 Å². The van der Waals surface area contributed by atoms with E-state index in [0.717, 1.165) is 16.7 Å². The van der Waals surface area contributed by atoms with E-state index in [0.29, 0.717) is 37.4 Å². The van der Waals surface area contributed by atoms with Crippen molar-refractivity contribution in [1.29, 1.82) is 0 Å². The Balaban J connectivity index is 1.39. The minimum Gasteiger partial charge on any atom is -0.507 e. The number of Topliss-reactive ketones (excluding diaryl/α,β-unsaturated/α-hetero) is 1. The van der Waals surface area contributed by atoms with Crippen molar-refractivity contribution in [3.63, 3.8) is 0 Å². The molecule has 38 heavy (non-hydrogen) atoms. The summed E-state index contributed by atoms with van der Waals surface area (Å²) < 4.78 is 7.82. The molecular formula is C31H29N3O4. The van der Waals surface area contributed by atoms with Gasteiger partial charge in [-0.25, -0.2) is 4.98 Å². The van der Waals surface area contributed by atoms with Crippen LogP contribution in [0.2, 0.25) is 0 Å². The first-order chi connectivity index (χ1) is 18.5. The molecule has 0 aliphatic carbocycles. The molecule has 1 aliphatic heterocycles. The monoisotopic (exact) mass is 507 g/mol. The zero-order chi connectivity index (χ0) is 26.5. The van der Waals surface area contributed by atoms with Crippen LogP contribution in [-0.2, 0) is 22.7 Å². The summed E-state index contributed by atoms with van der Waals surface area (Å²) in [7, 11) is 0.